The van der Waals surface area contributed by atoms with Crippen molar-refractivity contribution in [1.29, 1.82) is 0 Å². The van der Waals surface area contributed by atoms with Crippen LogP contribution in [-0.2, 0) is 16.6 Å². The van der Waals surface area contributed by atoms with Crippen molar-refractivity contribution in [3.8, 4) is 5.75 Å². The van der Waals surface area contributed by atoms with Crippen molar-refractivity contribution in [3.63, 3.8) is 0 Å². The third-order valence-electron chi connectivity index (χ3n) is 3.74. The van der Waals surface area contributed by atoms with E-state index in [1.54, 1.807) is 6.07 Å². The molecule has 2 rings (SSSR count). The van der Waals surface area contributed by atoms with Gasteiger partial charge in [0.2, 0.25) is 10.0 Å². The number of rotatable bonds is 7. The molecule has 6 nitrogen and oxygen atoms in total. The first-order valence-electron chi connectivity index (χ1n) is 7.95. The Labute approximate surface area is 158 Å². The van der Waals surface area contributed by atoms with E-state index in [2.05, 4.69) is 5.32 Å². The molecule has 1 N–H and O–H groups in total. The van der Waals surface area contributed by atoms with Gasteiger partial charge in [0, 0.05) is 13.6 Å². The fraction of sp³-hybridized carbons (Fsp3) is 0.278. The SMILES string of the molecule is CCOc1ccc(CNC(=O)c2cc(N(C)S(C)(=O)=O)ccc2Cl)cc1. The van der Waals surface area contributed by atoms with Crippen LogP contribution in [0.15, 0.2) is 42.5 Å². The minimum absolute atomic E-state index is 0.214. The van der Waals surface area contributed by atoms with Crippen molar-refractivity contribution >= 4 is 33.2 Å². The molecule has 0 heterocycles. The van der Waals surface area contributed by atoms with Gasteiger partial charge in [-0.1, -0.05) is 23.7 Å². The van der Waals surface area contributed by atoms with Crippen molar-refractivity contribution in [1.82, 2.24) is 5.32 Å². The summed E-state index contributed by atoms with van der Waals surface area (Å²) >= 11 is 6.10. The highest BCUT2D eigenvalue weighted by Crippen LogP contribution is 2.24. The number of ether oxygens (including phenoxy) is 1. The summed E-state index contributed by atoms with van der Waals surface area (Å²) in [6.07, 6.45) is 1.09. The number of anilines is 1. The first-order chi connectivity index (χ1) is 12.2. The van der Waals surface area contributed by atoms with E-state index >= 15 is 0 Å². The Morgan fingerprint density at radius 2 is 1.85 bits per heavy atom. The predicted octanol–water partition coefficient (Wildman–Crippen LogP) is 3.06. The number of carbonyl (C=O) groups is 1. The monoisotopic (exact) mass is 396 g/mol. The summed E-state index contributed by atoms with van der Waals surface area (Å²) in [7, 11) is -2.01. The van der Waals surface area contributed by atoms with Crippen LogP contribution in [0, 0.1) is 0 Å². The average molecular weight is 397 g/mol. The molecule has 2 aromatic rings. The summed E-state index contributed by atoms with van der Waals surface area (Å²) in [5.41, 5.74) is 1.48. The first-order valence-corrected chi connectivity index (χ1v) is 10.2. The zero-order chi connectivity index (χ0) is 19.3. The highest BCUT2D eigenvalue weighted by atomic mass is 35.5. The summed E-state index contributed by atoms with van der Waals surface area (Å²) < 4.78 is 29.8. The van der Waals surface area contributed by atoms with E-state index in [9.17, 15) is 13.2 Å². The molecular formula is C18H21ClN2O4S. The molecule has 0 saturated carbocycles. The van der Waals surface area contributed by atoms with E-state index in [0.717, 1.165) is 21.9 Å². The third-order valence-corrected chi connectivity index (χ3v) is 5.28. The summed E-state index contributed by atoms with van der Waals surface area (Å²) in [4.78, 5) is 12.4. The van der Waals surface area contributed by atoms with Gasteiger partial charge in [-0.2, -0.15) is 0 Å². The van der Waals surface area contributed by atoms with Gasteiger partial charge in [-0.15, -0.1) is 0 Å². The molecule has 0 spiro atoms. The zero-order valence-corrected chi connectivity index (χ0v) is 16.4. The standard InChI is InChI=1S/C18H21ClN2O4S/c1-4-25-15-8-5-13(6-9-15)12-20-18(22)16-11-14(7-10-17(16)19)21(2)26(3,23)24/h5-11H,4,12H2,1-3H3,(H,20,22). The Bertz CT molecular complexity index is 883. The quantitative estimate of drug-likeness (QED) is 0.780. The van der Waals surface area contributed by atoms with Gasteiger partial charge in [0.25, 0.3) is 5.91 Å². The molecule has 8 heteroatoms. The van der Waals surface area contributed by atoms with Gasteiger partial charge in [-0.25, -0.2) is 8.42 Å². The lowest BCUT2D eigenvalue weighted by molar-refractivity contribution is 0.0951. The van der Waals surface area contributed by atoms with Crippen LogP contribution in [0.5, 0.6) is 5.75 Å². The lowest BCUT2D eigenvalue weighted by Gasteiger charge is -2.18. The molecule has 0 saturated heterocycles. The lowest BCUT2D eigenvalue weighted by atomic mass is 10.1. The molecular weight excluding hydrogens is 376 g/mol. The van der Waals surface area contributed by atoms with Gasteiger partial charge in [0.1, 0.15) is 5.75 Å². The molecule has 0 aliphatic carbocycles. The molecule has 0 radical (unpaired) electrons. The number of sulfonamides is 1. The van der Waals surface area contributed by atoms with Gasteiger partial charge in [0.15, 0.2) is 0 Å². The Morgan fingerprint density at radius 3 is 2.42 bits per heavy atom. The zero-order valence-electron chi connectivity index (χ0n) is 14.8. The number of benzene rings is 2. The molecule has 0 atom stereocenters. The second kappa shape index (κ2) is 8.42. The van der Waals surface area contributed by atoms with Crippen molar-refractivity contribution in [2.75, 3.05) is 24.2 Å². The number of nitrogens with zero attached hydrogens (tertiary/aromatic N) is 1. The number of nitrogens with one attached hydrogen (secondary N) is 1. The maximum Gasteiger partial charge on any atom is 0.253 e. The third kappa shape index (κ3) is 5.12. The summed E-state index contributed by atoms with van der Waals surface area (Å²) in [6, 6.07) is 11.9. The number of hydrogen-bond acceptors (Lipinski definition) is 4. The molecule has 0 aliphatic heterocycles. The topological polar surface area (TPSA) is 75.7 Å². The van der Waals surface area contributed by atoms with E-state index in [-0.39, 0.29) is 16.5 Å². The molecule has 0 fully saturated rings. The predicted molar refractivity (Wildman–Crippen MR) is 103 cm³/mol. The van der Waals surface area contributed by atoms with E-state index in [4.69, 9.17) is 16.3 Å². The number of amides is 1. The van der Waals surface area contributed by atoms with Gasteiger partial charge in [0.05, 0.1) is 29.1 Å². The second-order valence-corrected chi connectivity index (χ2v) is 8.08. The molecule has 140 valence electrons. The fourth-order valence-electron chi connectivity index (χ4n) is 2.22. The summed E-state index contributed by atoms with van der Waals surface area (Å²) in [6.45, 7) is 2.81. The van der Waals surface area contributed by atoms with Crippen molar-refractivity contribution in [2.24, 2.45) is 0 Å². The van der Waals surface area contributed by atoms with Crippen LogP contribution < -0.4 is 14.4 Å². The second-order valence-electron chi connectivity index (χ2n) is 5.65. The Morgan fingerprint density at radius 1 is 1.19 bits per heavy atom. The smallest absolute Gasteiger partial charge is 0.253 e. The van der Waals surface area contributed by atoms with Crippen molar-refractivity contribution in [2.45, 2.75) is 13.5 Å². The van der Waals surface area contributed by atoms with Crippen molar-refractivity contribution < 1.29 is 17.9 Å². The molecule has 0 bridgehead atoms. The van der Waals surface area contributed by atoms with E-state index < -0.39 is 10.0 Å². The van der Waals surface area contributed by atoms with Crippen LogP contribution in [0.4, 0.5) is 5.69 Å². The first kappa shape index (κ1) is 20.1. The fourth-order valence-corrected chi connectivity index (χ4v) is 2.92. The number of hydrogen-bond donors (Lipinski definition) is 1. The minimum Gasteiger partial charge on any atom is -0.494 e. The maximum absolute atomic E-state index is 12.4. The number of halogens is 1. The van der Waals surface area contributed by atoms with Gasteiger partial charge >= 0.3 is 0 Å². The Balaban J connectivity index is 2.11. The highest BCUT2D eigenvalue weighted by Gasteiger charge is 2.16. The molecule has 0 aliphatic rings. The largest absolute Gasteiger partial charge is 0.494 e. The van der Waals surface area contributed by atoms with E-state index in [1.165, 1.54) is 19.2 Å². The number of carbonyl (C=O) groups excluding carboxylic acids is 1. The normalized spacial score (nSPS) is 11.1. The average Bonchev–Trinajstić information content (AvgIpc) is 2.60. The van der Waals surface area contributed by atoms with Crippen LogP contribution in [0.3, 0.4) is 0 Å². The Kier molecular flexibility index (Phi) is 6.50. The van der Waals surface area contributed by atoms with Crippen LogP contribution in [0.1, 0.15) is 22.8 Å². The minimum atomic E-state index is -3.43. The summed E-state index contributed by atoms with van der Waals surface area (Å²) in [5.74, 6) is 0.384. The van der Waals surface area contributed by atoms with E-state index in [1.807, 2.05) is 31.2 Å². The molecule has 1 amide bonds. The highest BCUT2D eigenvalue weighted by molar-refractivity contribution is 7.92. The maximum atomic E-state index is 12.4. The van der Waals surface area contributed by atoms with Crippen molar-refractivity contribution in [3.05, 3.63) is 58.6 Å². The van der Waals surface area contributed by atoms with E-state index in [0.29, 0.717) is 18.8 Å². The molecule has 2 aromatic carbocycles. The van der Waals surface area contributed by atoms with Gasteiger partial charge < -0.3 is 10.1 Å². The lowest BCUT2D eigenvalue weighted by Crippen LogP contribution is -2.26. The van der Waals surface area contributed by atoms with Crippen LogP contribution >= 0.6 is 11.6 Å². The summed E-state index contributed by atoms with van der Waals surface area (Å²) in [5, 5.41) is 3.03. The Hall–Kier alpha value is -2.25. The molecule has 0 unspecified atom stereocenters. The van der Waals surface area contributed by atoms with Gasteiger partial charge in [-0.05, 0) is 42.8 Å². The van der Waals surface area contributed by atoms with Gasteiger partial charge in [-0.3, -0.25) is 9.10 Å². The molecule has 26 heavy (non-hydrogen) atoms. The van der Waals surface area contributed by atoms with Crippen LogP contribution in [0.2, 0.25) is 5.02 Å². The molecule has 0 aromatic heterocycles. The van der Waals surface area contributed by atoms with Crippen LogP contribution in [0.25, 0.3) is 0 Å². The van der Waals surface area contributed by atoms with Crippen LogP contribution in [-0.4, -0.2) is 34.2 Å².